The van der Waals surface area contributed by atoms with E-state index in [0.29, 0.717) is 9.88 Å². The predicted octanol–water partition coefficient (Wildman–Crippen LogP) is 4.97. The molecule has 168 valence electrons. The van der Waals surface area contributed by atoms with Crippen LogP contribution in [0.2, 0.25) is 0 Å². The van der Waals surface area contributed by atoms with E-state index in [1.165, 1.54) is 11.8 Å². The van der Waals surface area contributed by atoms with Crippen LogP contribution < -0.4 is 15.1 Å². The van der Waals surface area contributed by atoms with Crippen LogP contribution in [0.15, 0.2) is 78.9 Å². The number of anilines is 2. The van der Waals surface area contributed by atoms with Crippen molar-refractivity contribution in [2.45, 2.75) is 18.2 Å². The Labute approximate surface area is 203 Å². The van der Waals surface area contributed by atoms with Gasteiger partial charge in [-0.25, -0.2) is 0 Å². The number of aryl methyl sites for hydroxylation is 1. The summed E-state index contributed by atoms with van der Waals surface area (Å²) >= 11 is 7.12. The molecule has 0 saturated carbocycles. The minimum Gasteiger partial charge on any atom is -0.378 e. The lowest BCUT2D eigenvalue weighted by molar-refractivity contribution is -0.119. The van der Waals surface area contributed by atoms with Crippen LogP contribution in [0.5, 0.6) is 0 Å². The molecule has 1 heterocycles. The number of nitrogens with zero attached hydrogens (tertiary/aromatic N) is 2. The largest absolute Gasteiger partial charge is 0.378 e. The van der Waals surface area contributed by atoms with Gasteiger partial charge in [0.2, 0.25) is 0 Å². The molecule has 0 radical (unpaired) electrons. The van der Waals surface area contributed by atoms with Crippen molar-refractivity contribution < 1.29 is 9.59 Å². The lowest BCUT2D eigenvalue weighted by atomic mass is 10.0. The van der Waals surface area contributed by atoms with Gasteiger partial charge in [0.25, 0.3) is 11.8 Å². The molecule has 0 unspecified atom stereocenters. The van der Waals surface area contributed by atoms with Crippen LogP contribution in [-0.2, 0) is 4.79 Å². The fourth-order valence-corrected chi connectivity index (χ4v) is 5.42. The number of para-hydroxylation sites is 1. The lowest BCUT2D eigenvalue weighted by Crippen LogP contribution is -2.56. The number of rotatable bonds is 5. The Bertz CT molecular complexity index is 1180. The van der Waals surface area contributed by atoms with E-state index in [2.05, 4.69) is 5.32 Å². The summed E-state index contributed by atoms with van der Waals surface area (Å²) in [6.07, 6.45) is 0. The summed E-state index contributed by atoms with van der Waals surface area (Å²) < 4.78 is 0.473. The zero-order valence-electron chi connectivity index (χ0n) is 18.7. The van der Waals surface area contributed by atoms with Crippen LogP contribution in [0.25, 0.3) is 0 Å². The monoisotopic (exact) mass is 475 g/mol. The summed E-state index contributed by atoms with van der Waals surface area (Å²) in [5.74, 6) is -0.527. The molecule has 0 aromatic heterocycles. The highest BCUT2D eigenvalue weighted by atomic mass is 32.2. The maximum Gasteiger partial charge on any atom is 0.256 e. The second-order valence-corrected chi connectivity index (χ2v) is 9.84. The molecule has 1 aliphatic rings. The van der Waals surface area contributed by atoms with E-state index in [-0.39, 0.29) is 17.1 Å². The van der Waals surface area contributed by atoms with Crippen LogP contribution in [0, 0.1) is 6.92 Å². The predicted molar refractivity (Wildman–Crippen MR) is 140 cm³/mol. The Morgan fingerprint density at radius 2 is 1.61 bits per heavy atom. The lowest BCUT2D eigenvalue weighted by Gasteiger charge is -2.38. The van der Waals surface area contributed by atoms with Gasteiger partial charge in [-0.15, -0.1) is 0 Å². The molecule has 5 nitrogen and oxygen atoms in total. The molecule has 1 saturated heterocycles. The summed E-state index contributed by atoms with van der Waals surface area (Å²) in [5.41, 5.74) is 4.17. The summed E-state index contributed by atoms with van der Waals surface area (Å²) in [6.45, 7) is 1.94. The molecular weight excluding hydrogens is 450 g/mol. The van der Waals surface area contributed by atoms with Crippen molar-refractivity contribution in [1.82, 2.24) is 5.32 Å². The van der Waals surface area contributed by atoms with Crippen LogP contribution in [0.1, 0.15) is 26.7 Å². The van der Waals surface area contributed by atoms with Gasteiger partial charge in [-0.2, -0.15) is 0 Å². The van der Waals surface area contributed by atoms with Crippen LogP contribution in [-0.4, -0.2) is 36.3 Å². The van der Waals surface area contributed by atoms with Gasteiger partial charge in [-0.1, -0.05) is 72.5 Å². The topological polar surface area (TPSA) is 52.7 Å². The maximum atomic E-state index is 13.8. The molecule has 3 aromatic carbocycles. The third-order valence-corrected chi connectivity index (χ3v) is 7.27. The highest BCUT2D eigenvalue weighted by Gasteiger charge is 2.43. The molecule has 1 fully saturated rings. The molecular formula is C26H25N3O2S2. The standard InChI is InChI=1S/C26H25N3O2S2/c1-17-9-7-8-12-21(17)29-25(31)22(27-24(30)19-10-5-4-6-11-19)23(33-26(29)32)18-13-15-20(16-14-18)28(2)3/h4-16,22-23H,1-3H3,(H,27,30)/t22-,23+/m0/s1. The van der Waals surface area contributed by atoms with Gasteiger partial charge < -0.3 is 10.2 Å². The van der Waals surface area contributed by atoms with Crippen molar-refractivity contribution in [3.05, 3.63) is 95.6 Å². The van der Waals surface area contributed by atoms with E-state index in [1.54, 1.807) is 29.2 Å². The number of hydrogen-bond acceptors (Lipinski definition) is 5. The van der Waals surface area contributed by atoms with E-state index < -0.39 is 6.04 Å². The van der Waals surface area contributed by atoms with E-state index in [4.69, 9.17) is 12.2 Å². The second kappa shape index (κ2) is 9.77. The van der Waals surface area contributed by atoms with Crippen molar-refractivity contribution in [3.63, 3.8) is 0 Å². The average molecular weight is 476 g/mol. The molecule has 1 N–H and O–H groups in total. The molecule has 1 aliphatic heterocycles. The first-order chi connectivity index (χ1) is 15.9. The van der Waals surface area contributed by atoms with Crippen molar-refractivity contribution in [2.24, 2.45) is 0 Å². The summed E-state index contributed by atoms with van der Waals surface area (Å²) in [7, 11) is 3.96. The molecule has 0 aliphatic carbocycles. The van der Waals surface area contributed by atoms with Gasteiger partial charge in [-0.05, 0) is 48.4 Å². The van der Waals surface area contributed by atoms with E-state index in [1.807, 2.05) is 80.5 Å². The molecule has 0 spiro atoms. The molecule has 33 heavy (non-hydrogen) atoms. The number of carbonyl (C=O) groups is 2. The van der Waals surface area contributed by atoms with E-state index in [0.717, 1.165) is 22.5 Å². The molecule has 4 rings (SSSR count). The summed E-state index contributed by atoms with van der Waals surface area (Å²) in [5, 5.41) is 2.65. The number of amides is 2. The SMILES string of the molecule is Cc1ccccc1N1C(=O)[C@@H](NC(=O)c2ccccc2)[C@@H](c2ccc(N(C)C)cc2)SC1=S. The Hall–Kier alpha value is -3.16. The molecule has 2 atom stereocenters. The third-order valence-electron chi connectivity index (χ3n) is 5.62. The summed E-state index contributed by atoms with van der Waals surface area (Å²) in [4.78, 5) is 30.4. The van der Waals surface area contributed by atoms with Crippen molar-refractivity contribution in [3.8, 4) is 0 Å². The van der Waals surface area contributed by atoms with Gasteiger partial charge in [0.1, 0.15) is 10.4 Å². The molecule has 0 bridgehead atoms. The Balaban J connectivity index is 1.72. The number of thiocarbonyl (C=S) groups is 1. The highest BCUT2D eigenvalue weighted by Crippen LogP contribution is 2.42. The Morgan fingerprint density at radius 3 is 2.24 bits per heavy atom. The molecule has 7 heteroatoms. The number of hydrogen-bond donors (Lipinski definition) is 1. The van der Waals surface area contributed by atoms with Crippen LogP contribution in [0.3, 0.4) is 0 Å². The zero-order chi connectivity index (χ0) is 23.5. The molecule has 2 amide bonds. The van der Waals surface area contributed by atoms with Gasteiger partial charge in [0, 0.05) is 25.3 Å². The fourth-order valence-electron chi connectivity index (χ4n) is 3.79. The number of carbonyl (C=O) groups excluding carboxylic acids is 2. The van der Waals surface area contributed by atoms with Crippen LogP contribution in [0.4, 0.5) is 11.4 Å². The second-order valence-electron chi connectivity index (χ2n) is 8.07. The first-order valence-corrected chi connectivity index (χ1v) is 11.9. The van der Waals surface area contributed by atoms with Crippen LogP contribution >= 0.6 is 24.0 Å². The first-order valence-electron chi connectivity index (χ1n) is 10.6. The summed E-state index contributed by atoms with van der Waals surface area (Å²) in [6, 6.07) is 23.8. The Kier molecular flexibility index (Phi) is 6.81. The number of thioether (sulfide) groups is 1. The van der Waals surface area contributed by atoms with Gasteiger partial charge in [-0.3, -0.25) is 14.5 Å². The number of nitrogens with one attached hydrogen (secondary N) is 1. The van der Waals surface area contributed by atoms with Gasteiger partial charge >= 0.3 is 0 Å². The van der Waals surface area contributed by atoms with Gasteiger partial charge in [0.05, 0.1) is 10.9 Å². The van der Waals surface area contributed by atoms with Crippen molar-refractivity contribution in [2.75, 3.05) is 23.9 Å². The van der Waals surface area contributed by atoms with E-state index in [9.17, 15) is 9.59 Å². The van der Waals surface area contributed by atoms with E-state index >= 15 is 0 Å². The first kappa shape index (κ1) is 23.0. The normalized spacial score (nSPS) is 18.2. The Morgan fingerprint density at radius 1 is 0.970 bits per heavy atom. The number of benzene rings is 3. The van der Waals surface area contributed by atoms with Crippen molar-refractivity contribution >= 4 is 51.5 Å². The highest BCUT2D eigenvalue weighted by molar-refractivity contribution is 8.23. The minimum absolute atomic E-state index is 0.237. The fraction of sp³-hybridized carbons (Fsp3) is 0.192. The van der Waals surface area contributed by atoms with Gasteiger partial charge in [0.15, 0.2) is 0 Å². The average Bonchev–Trinajstić information content (AvgIpc) is 2.82. The molecule has 3 aromatic rings. The zero-order valence-corrected chi connectivity index (χ0v) is 20.3. The quantitative estimate of drug-likeness (QED) is 0.529. The van der Waals surface area contributed by atoms with Crippen molar-refractivity contribution in [1.29, 1.82) is 0 Å². The third kappa shape index (κ3) is 4.79. The minimum atomic E-state index is -0.779. The smallest absolute Gasteiger partial charge is 0.256 e. The maximum absolute atomic E-state index is 13.8.